The minimum atomic E-state index is -2.14. The van der Waals surface area contributed by atoms with Crippen LogP contribution in [-0.2, 0) is 81.5 Å². The summed E-state index contributed by atoms with van der Waals surface area (Å²) in [5.41, 5.74) is 5.32. The Hall–Kier alpha value is -9.13. The zero-order chi connectivity index (χ0) is 71.9. The summed E-state index contributed by atoms with van der Waals surface area (Å²) in [5, 5.41) is 78.8. The van der Waals surface area contributed by atoms with E-state index >= 15 is 0 Å². The van der Waals surface area contributed by atoms with Crippen LogP contribution < -0.4 is 69.5 Å². The molecule has 532 valence electrons. The normalized spacial score (nSPS) is 28.4. The van der Waals surface area contributed by atoms with Gasteiger partial charge in [-0.1, -0.05) is 41.5 Å². The van der Waals surface area contributed by atoms with Crippen LogP contribution in [-0.4, -0.2) is 253 Å². The second kappa shape index (κ2) is 37.7. The van der Waals surface area contributed by atoms with Gasteiger partial charge in [0.05, 0.1) is 32.3 Å². The summed E-state index contributed by atoms with van der Waals surface area (Å²) < 4.78 is 0. The van der Waals surface area contributed by atoms with Crippen molar-refractivity contribution < 1.29 is 107 Å². The molecule has 0 aromatic carbocycles. The Balaban J connectivity index is 2.09. The van der Waals surface area contributed by atoms with Crippen molar-refractivity contribution in [3.8, 4) is 0 Å². The first-order valence-corrected chi connectivity index (χ1v) is 31.3. The third kappa shape index (κ3) is 24.6. The van der Waals surface area contributed by atoms with Crippen molar-refractivity contribution in [2.45, 2.75) is 211 Å². The number of rotatable bonds is 15. The number of carbonyl (C=O) groups is 17. The molecule has 14 atom stereocenters. The number of aliphatic hydroxyl groups excluding tert-OH is 3. The number of hydrogen-bond donors (Lipinski definition) is 18. The molecule has 19 N–H and O–H groups in total. The van der Waals surface area contributed by atoms with E-state index in [1.54, 1.807) is 41.5 Å². The van der Waals surface area contributed by atoms with Crippen LogP contribution >= 0.6 is 0 Å². The summed E-state index contributed by atoms with van der Waals surface area (Å²) in [7, 11) is 0. The second-order valence-electron chi connectivity index (χ2n) is 24.7. The van der Waals surface area contributed by atoms with Crippen LogP contribution in [0.3, 0.4) is 0 Å². The van der Waals surface area contributed by atoms with Gasteiger partial charge in [0.1, 0.15) is 78.5 Å². The molecule has 0 saturated carbocycles. The number of carboxylic acid groups (broad SMARTS) is 2. The Morgan fingerprint density at radius 2 is 0.853 bits per heavy atom. The molecule has 37 nitrogen and oxygen atoms in total. The molecule has 0 aromatic heterocycles. The van der Waals surface area contributed by atoms with Crippen molar-refractivity contribution in [2.75, 3.05) is 32.8 Å². The summed E-state index contributed by atoms with van der Waals surface area (Å²) in [6.07, 6.45) is -5.27. The number of carboxylic acids is 2. The second-order valence-corrected chi connectivity index (χ2v) is 24.7. The first-order chi connectivity index (χ1) is 44.4. The zero-order valence-corrected chi connectivity index (χ0v) is 54.6. The molecule has 0 bridgehead atoms. The van der Waals surface area contributed by atoms with Gasteiger partial charge in [-0.05, 0) is 83.5 Å². The van der Waals surface area contributed by atoms with Crippen molar-refractivity contribution >= 4 is 101 Å². The average molecular weight is 1350 g/mol. The molecule has 0 spiro atoms. The highest BCUT2D eigenvalue weighted by Gasteiger charge is 2.43. The van der Waals surface area contributed by atoms with Crippen LogP contribution in [0, 0.1) is 17.8 Å². The highest BCUT2D eigenvalue weighted by Crippen LogP contribution is 2.22. The van der Waals surface area contributed by atoms with E-state index in [9.17, 15) is 107 Å². The minimum absolute atomic E-state index is 0.00456. The number of fused-ring (bicyclic) bond motifs is 2. The molecule has 3 saturated heterocycles. The Labute approximate surface area is 547 Å². The standard InChI is InChI=1S/C58H93N15O22/c1-25(2)20-33-51(88)69-44(27(5)6)55(92)70-43(26(3)4)54(91)60-22-40(78)63-35(23-74)57(94)73-19-11-13-38(73)53(90)71-45(30(9)76)56(93)62-29(8)46(83)64-31(14-16-39(59)77)49(86)66-34(21-42(81)82)50(87)65-32(15-17-41(79)80)48(85)61-28(7)47(84)68-36(24-75)58(95)72-18-10-12-37(72)52(89)67-33/h25-38,43-45,74-76H,10-24H2,1-9H3,(H2,59,77)(H,60,91)(H,61,85)(H,62,93)(H,63,78)(H,64,83)(H,65,87)(H,66,86)(H,67,89)(H,68,84)(H,69,88)(H,70,92)(H,71,90)(H,79,80)(H,81,82)/t28-,29-,30+,31-,32-,33-,34-,35-,36-,37-,38-,43-,44-,45-/m0/s1. The first-order valence-electron chi connectivity index (χ1n) is 31.3. The number of nitrogens with one attached hydrogen (secondary N) is 12. The minimum Gasteiger partial charge on any atom is -0.481 e. The fourth-order valence-electron chi connectivity index (χ4n) is 10.5. The van der Waals surface area contributed by atoms with Crippen molar-refractivity contribution in [1.29, 1.82) is 0 Å². The van der Waals surface area contributed by atoms with Gasteiger partial charge in [-0.15, -0.1) is 0 Å². The third-order valence-corrected chi connectivity index (χ3v) is 15.7. The van der Waals surface area contributed by atoms with Gasteiger partial charge in [-0.3, -0.25) is 81.5 Å². The molecule has 0 radical (unpaired) electrons. The van der Waals surface area contributed by atoms with Crippen molar-refractivity contribution in [3.63, 3.8) is 0 Å². The van der Waals surface area contributed by atoms with Crippen molar-refractivity contribution in [2.24, 2.45) is 23.5 Å². The van der Waals surface area contributed by atoms with Gasteiger partial charge in [0, 0.05) is 25.9 Å². The molecular weight excluding hydrogens is 1260 g/mol. The predicted molar refractivity (Wildman–Crippen MR) is 328 cm³/mol. The lowest BCUT2D eigenvalue weighted by Crippen LogP contribution is -2.62. The number of aliphatic carboxylic acids is 2. The van der Waals surface area contributed by atoms with E-state index < -0.39 is 249 Å². The average Bonchev–Trinajstić information content (AvgIpc) is 1.76. The molecule has 95 heavy (non-hydrogen) atoms. The summed E-state index contributed by atoms with van der Waals surface area (Å²) in [4.78, 5) is 231. The molecular formula is C58H93N15O22. The van der Waals surface area contributed by atoms with Crippen LogP contribution in [0.25, 0.3) is 0 Å². The Morgan fingerprint density at radius 1 is 0.463 bits per heavy atom. The van der Waals surface area contributed by atoms with E-state index in [2.05, 4.69) is 63.8 Å². The van der Waals surface area contributed by atoms with E-state index in [4.69, 9.17) is 5.73 Å². The van der Waals surface area contributed by atoms with Crippen molar-refractivity contribution in [1.82, 2.24) is 73.6 Å². The Kier molecular flexibility index (Phi) is 31.8. The molecule has 0 aromatic rings. The van der Waals surface area contributed by atoms with Gasteiger partial charge in [-0.25, -0.2) is 0 Å². The molecule has 3 aliphatic heterocycles. The molecule has 15 amide bonds. The molecule has 0 unspecified atom stereocenters. The first kappa shape index (κ1) is 80.1. The smallest absolute Gasteiger partial charge is 0.305 e. The number of primary amides is 1. The monoisotopic (exact) mass is 1350 g/mol. The van der Waals surface area contributed by atoms with Crippen LogP contribution in [0.2, 0.25) is 0 Å². The van der Waals surface area contributed by atoms with Crippen LogP contribution in [0.4, 0.5) is 0 Å². The Morgan fingerprint density at radius 3 is 1.33 bits per heavy atom. The number of nitrogens with zero attached hydrogens (tertiary/aromatic N) is 2. The van der Waals surface area contributed by atoms with E-state index in [0.29, 0.717) is 0 Å². The van der Waals surface area contributed by atoms with E-state index in [1.165, 1.54) is 0 Å². The summed E-state index contributed by atoms with van der Waals surface area (Å²) in [6.45, 7) is 10.0. The molecule has 3 aliphatic rings. The van der Waals surface area contributed by atoms with Crippen LogP contribution in [0.5, 0.6) is 0 Å². The van der Waals surface area contributed by atoms with Gasteiger partial charge in [0.2, 0.25) is 88.6 Å². The van der Waals surface area contributed by atoms with E-state index in [1.807, 2.05) is 0 Å². The highest BCUT2D eigenvalue weighted by molar-refractivity contribution is 6.01. The topological polar surface area (TPSA) is 568 Å². The van der Waals surface area contributed by atoms with Crippen LogP contribution in [0.15, 0.2) is 0 Å². The lowest BCUT2D eigenvalue weighted by Gasteiger charge is -2.31. The SMILES string of the molecule is CC(C)C[C@@H]1NC(=O)[C@@H]2CCCN2C(=O)[C@H](CO)NC(=O)[C@H](C)NC(=O)[C@H](CCC(=O)O)NC(=O)[C@H](CC(=O)O)NC(=O)[C@H](CCC(N)=O)NC(=O)[C@H](C)NC(=O)[C@H]([C@@H](C)O)NC(=O)[C@@H]2CCCN2C(=O)[C@H](CO)NC(=O)CNC(=O)[C@H](C(C)C)NC(=O)[C@H](C(C)C)NC1=O. The molecule has 3 rings (SSSR count). The molecule has 37 heteroatoms. The lowest BCUT2D eigenvalue weighted by atomic mass is 9.98. The third-order valence-electron chi connectivity index (χ3n) is 15.7. The number of amides is 15. The van der Waals surface area contributed by atoms with Gasteiger partial charge in [0.25, 0.3) is 0 Å². The number of hydrogen-bond acceptors (Lipinski definition) is 20. The number of aliphatic hydroxyl groups is 3. The van der Waals surface area contributed by atoms with E-state index in [0.717, 1.165) is 30.6 Å². The maximum Gasteiger partial charge on any atom is 0.305 e. The maximum absolute atomic E-state index is 14.2. The lowest BCUT2D eigenvalue weighted by molar-refractivity contribution is -0.143. The van der Waals surface area contributed by atoms with Crippen LogP contribution in [0.1, 0.15) is 127 Å². The fourth-order valence-corrected chi connectivity index (χ4v) is 10.5. The molecule has 3 heterocycles. The highest BCUT2D eigenvalue weighted by atomic mass is 16.4. The fraction of sp³-hybridized carbons (Fsp3) is 0.707. The summed E-state index contributed by atoms with van der Waals surface area (Å²) in [5.74, 6) is -20.7. The maximum atomic E-state index is 14.2. The number of carbonyl (C=O) groups excluding carboxylic acids is 15. The Bertz CT molecular complexity index is 2860. The zero-order valence-electron chi connectivity index (χ0n) is 54.6. The molecule has 3 fully saturated rings. The van der Waals surface area contributed by atoms with Gasteiger partial charge >= 0.3 is 11.9 Å². The largest absolute Gasteiger partial charge is 0.481 e. The predicted octanol–water partition coefficient (Wildman–Crippen LogP) is -8.20. The number of nitrogens with two attached hydrogens (primary N) is 1. The molecule has 0 aliphatic carbocycles. The van der Waals surface area contributed by atoms with Gasteiger partial charge in [0.15, 0.2) is 0 Å². The summed E-state index contributed by atoms with van der Waals surface area (Å²) >= 11 is 0. The summed E-state index contributed by atoms with van der Waals surface area (Å²) in [6, 6.07) is -21.2. The quantitative estimate of drug-likeness (QED) is 0.0724. The van der Waals surface area contributed by atoms with E-state index in [-0.39, 0.29) is 51.1 Å². The van der Waals surface area contributed by atoms with Crippen molar-refractivity contribution in [3.05, 3.63) is 0 Å². The van der Waals surface area contributed by atoms with Gasteiger partial charge < -0.3 is 105 Å². The van der Waals surface area contributed by atoms with Gasteiger partial charge in [-0.2, -0.15) is 0 Å².